The van der Waals surface area contributed by atoms with Crippen LogP contribution >= 0.6 is 0 Å². The third-order valence-corrected chi connectivity index (χ3v) is 4.60. The summed E-state index contributed by atoms with van der Waals surface area (Å²) in [7, 11) is 0. The molecule has 0 atom stereocenters. The van der Waals surface area contributed by atoms with Crippen LogP contribution < -0.4 is 22.1 Å². The first-order valence-corrected chi connectivity index (χ1v) is 9.73. The molecule has 2 aromatic carbocycles. The number of nitrogens with two attached hydrogens (primary N) is 2. The number of hydrogen-bond acceptors (Lipinski definition) is 6. The van der Waals surface area contributed by atoms with Crippen molar-refractivity contribution >= 4 is 45.7 Å². The standard InChI is InChI=1S/C22H19F3N8/c1-12-10-16(26)14-7-6-13(11-18(14)29-12)30-19-8-9-28-21(32-19)33-20(27)31-17-5-3-2-4-15(17)22(23,24)25/h2-11H,1H3,(H2,26,29)(H4,27,28,30,31,32,33). The number of benzene rings is 2. The molecule has 0 aliphatic rings. The quantitative estimate of drug-likeness (QED) is 0.260. The average molecular weight is 452 g/mol. The minimum absolute atomic E-state index is 0.0338. The van der Waals surface area contributed by atoms with E-state index in [4.69, 9.17) is 11.5 Å². The number of hydrogen-bond donors (Lipinski definition) is 4. The second-order valence-electron chi connectivity index (χ2n) is 7.12. The molecule has 0 spiro atoms. The van der Waals surface area contributed by atoms with Gasteiger partial charge in [-0.05, 0) is 49.4 Å². The highest BCUT2D eigenvalue weighted by molar-refractivity contribution is 5.94. The van der Waals surface area contributed by atoms with E-state index in [-0.39, 0.29) is 17.6 Å². The van der Waals surface area contributed by atoms with Crippen LogP contribution in [0.15, 0.2) is 65.8 Å². The summed E-state index contributed by atoms with van der Waals surface area (Å²) in [6, 6.07) is 13.9. The Morgan fingerprint density at radius 2 is 1.82 bits per heavy atom. The zero-order chi connectivity index (χ0) is 23.6. The summed E-state index contributed by atoms with van der Waals surface area (Å²) in [4.78, 5) is 16.7. The maximum atomic E-state index is 13.2. The molecule has 2 aromatic heterocycles. The number of guanidine groups is 1. The Kier molecular flexibility index (Phi) is 5.69. The molecule has 0 radical (unpaired) electrons. The second-order valence-corrected chi connectivity index (χ2v) is 7.12. The lowest BCUT2D eigenvalue weighted by molar-refractivity contribution is -0.136. The van der Waals surface area contributed by atoms with Crippen molar-refractivity contribution in [3.8, 4) is 0 Å². The third-order valence-electron chi connectivity index (χ3n) is 4.60. The molecule has 33 heavy (non-hydrogen) atoms. The Morgan fingerprint density at radius 3 is 2.61 bits per heavy atom. The van der Waals surface area contributed by atoms with Gasteiger partial charge in [-0.3, -0.25) is 4.98 Å². The van der Waals surface area contributed by atoms with Crippen LogP contribution in [0.25, 0.3) is 10.9 Å². The van der Waals surface area contributed by atoms with Crippen LogP contribution in [0.1, 0.15) is 11.3 Å². The van der Waals surface area contributed by atoms with Crippen molar-refractivity contribution in [3.05, 3.63) is 72.1 Å². The number of nitrogen functional groups attached to an aromatic ring is 1. The van der Waals surface area contributed by atoms with E-state index in [9.17, 15) is 13.2 Å². The average Bonchev–Trinajstić information content (AvgIpc) is 2.73. The van der Waals surface area contributed by atoms with Crippen LogP contribution in [0, 0.1) is 6.92 Å². The van der Waals surface area contributed by atoms with Crippen LogP contribution in [0.2, 0.25) is 0 Å². The van der Waals surface area contributed by atoms with Gasteiger partial charge in [0.05, 0.1) is 16.8 Å². The van der Waals surface area contributed by atoms with E-state index >= 15 is 0 Å². The van der Waals surface area contributed by atoms with Gasteiger partial charge in [-0.2, -0.15) is 23.1 Å². The zero-order valence-corrected chi connectivity index (χ0v) is 17.4. The number of aliphatic imine (C=N–C) groups is 1. The van der Waals surface area contributed by atoms with Crippen LogP contribution in [-0.4, -0.2) is 20.9 Å². The van der Waals surface area contributed by atoms with Crippen molar-refractivity contribution < 1.29 is 13.2 Å². The van der Waals surface area contributed by atoms with Crippen LogP contribution in [0.4, 0.5) is 42.0 Å². The number of aryl methyl sites for hydroxylation is 1. The van der Waals surface area contributed by atoms with Crippen LogP contribution in [0.3, 0.4) is 0 Å². The van der Waals surface area contributed by atoms with E-state index in [1.165, 1.54) is 24.4 Å². The van der Waals surface area contributed by atoms with Gasteiger partial charge in [0.15, 0.2) is 0 Å². The molecule has 0 aliphatic heterocycles. The van der Waals surface area contributed by atoms with Gasteiger partial charge in [-0.15, -0.1) is 0 Å². The molecule has 0 saturated heterocycles. The Balaban J connectivity index is 1.55. The minimum Gasteiger partial charge on any atom is -0.398 e. The Hall–Kier alpha value is -4.41. The van der Waals surface area contributed by atoms with E-state index in [0.717, 1.165) is 22.7 Å². The zero-order valence-electron chi connectivity index (χ0n) is 17.4. The summed E-state index contributed by atoms with van der Waals surface area (Å²) in [6.45, 7) is 1.86. The molecule has 8 nitrogen and oxygen atoms in total. The number of aromatic nitrogens is 3. The molecule has 11 heteroatoms. The highest BCUT2D eigenvalue weighted by atomic mass is 19.4. The Bertz CT molecular complexity index is 1350. The monoisotopic (exact) mass is 452 g/mol. The second kappa shape index (κ2) is 8.61. The van der Waals surface area contributed by atoms with Gasteiger partial charge in [0, 0.05) is 28.7 Å². The minimum atomic E-state index is -4.54. The van der Waals surface area contributed by atoms with Crippen LogP contribution in [-0.2, 0) is 6.18 Å². The van der Waals surface area contributed by atoms with Crippen molar-refractivity contribution in [3.63, 3.8) is 0 Å². The molecule has 0 saturated carbocycles. The molecule has 0 bridgehead atoms. The molecule has 0 aliphatic carbocycles. The lowest BCUT2D eigenvalue weighted by atomic mass is 10.1. The number of rotatable bonds is 4. The fourth-order valence-corrected chi connectivity index (χ4v) is 3.20. The number of pyridine rings is 1. The highest BCUT2D eigenvalue weighted by Gasteiger charge is 2.33. The van der Waals surface area contributed by atoms with E-state index in [0.29, 0.717) is 17.2 Å². The van der Waals surface area contributed by atoms with E-state index in [1.54, 1.807) is 12.1 Å². The summed E-state index contributed by atoms with van der Waals surface area (Å²) in [6.07, 6.45) is -3.09. The van der Waals surface area contributed by atoms with Crippen molar-refractivity contribution in [2.24, 2.45) is 10.7 Å². The molecule has 2 heterocycles. The Labute approximate surface area is 186 Å². The van der Waals surface area contributed by atoms with Gasteiger partial charge >= 0.3 is 6.18 Å². The van der Waals surface area contributed by atoms with Crippen molar-refractivity contribution in [1.82, 2.24) is 15.0 Å². The van der Waals surface area contributed by atoms with Gasteiger partial charge < -0.3 is 22.1 Å². The highest BCUT2D eigenvalue weighted by Crippen LogP contribution is 2.34. The SMILES string of the molecule is Cc1cc(N)c2ccc(Nc3ccnc(/N=C(\N)Nc4ccccc4C(F)(F)F)n3)cc2n1. The Morgan fingerprint density at radius 1 is 1.03 bits per heavy atom. The topological polar surface area (TPSA) is 127 Å². The first kappa shape index (κ1) is 21.8. The molecule has 6 N–H and O–H groups in total. The fraction of sp³-hybridized carbons (Fsp3) is 0.0909. The maximum absolute atomic E-state index is 13.2. The molecule has 0 fully saturated rings. The molecular formula is C22H19F3N8. The largest absolute Gasteiger partial charge is 0.418 e. The number of nitrogens with zero attached hydrogens (tertiary/aromatic N) is 4. The number of halogens is 3. The predicted molar refractivity (Wildman–Crippen MR) is 123 cm³/mol. The first-order valence-electron chi connectivity index (χ1n) is 9.73. The summed E-state index contributed by atoms with van der Waals surface area (Å²) >= 11 is 0. The molecule has 0 unspecified atom stereocenters. The maximum Gasteiger partial charge on any atom is 0.418 e. The normalized spacial score (nSPS) is 12.1. The van der Waals surface area contributed by atoms with Crippen molar-refractivity contribution in [2.45, 2.75) is 13.1 Å². The van der Waals surface area contributed by atoms with Gasteiger partial charge in [-0.1, -0.05) is 12.1 Å². The van der Waals surface area contributed by atoms with Gasteiger partial charge in [0.25, 0.3) is 5.95 Å². The van der Waals surface area contributed by atoms with Crippen molar-refractivity contribution in [1.29, 1.82) is 0 Å². The fourth-order valence-electron chi connectivity index (χ4n) is 3.20. The third kappa shape index (κ3) is 5.09. The van der Waals surface area contributed by atoms with E-state index in [2.05, 4.69) is 30.6 Å². The number of para-hydroxylation sites is 1. The molecule has 4 aromatic rings. The van der Waals surface area contributed by atoms with Crippen LogP contribution in [0.5, 0.6) is 0 Å². The number of fused-ring (bicyclic) bond motifs is 1. The summed E-state index contributed by atoms with van der Waals surface area (Å²) < 4.78 is 39.5. The smallest absolute Gasteiger partial charge is 0.398 e. The number of alkyl halides is 3. The number of nitrogens with one attached hydrogen (secondary N) is 2. The van der Waals surface area contributed by atoms with Crippen molar-refractivity contribution in [2.75, 3.05) is 16.4 Å². The molecule has 168 valence electrons. The lowest BCUT2D eigenvalue weighted by Crippen LogP contribution is -2.24. The van der Waals surface area contributed by atoms with Gasteiger partial charge in [0.1, 0.15) is 5.82 Å². The first-order chi connectivity index (χ1) is 15.7. The summed E-state index contributed by atoms with van der Waals surface area (Å²) in [5.74, 6) is 0.0883. The van der Waals surface area contributed by atoms with Gasteiger partial charge in [-0.25, -0.2) is 4.98 Å². The summed E-state index contributed by atoms with van der Waals surface area (Å²) in [5, 5.41) is 6.40. The van der Waals surface area contributed by atoms with E-state index < -0.39 is 11.7 Å². The molecule has 0 amide bonds. The van der Waals surface area contributed by atoms with Gasteiger partial charge in [0.2, 0.25) is 5.96 Å². The predicted octanol–water partition coefficient (Wildman–Crippen LogP) is 4.74. The molecular weight excluding hydrogens is 433 g/mol. The lowest BCUT2D eigenvalue weighted by Gasteiger charge is -2.13. The summed E-state index contributed by atoms with van der Waals surface area (Å²) in [5.41, 5.74) is 13.6. The van der Waals surface area contributed by atoms with E-state index in [1.807, 2.05) is 25.1 Å². The molecule has 4 rings (SSSR count). The number of anilines is 4.